The number of allylic oxidation sites excluding steroid dienone is 1. The molecular weight excluding hydrogens is 393 g/mol. The van der Waals surface area contributed by atoms with Crippen molar-refractivity contribution in [3.05, 3.63) is 99.4 Å². The number of hydrogen-bond acceptors (Lipinski definition) is 0. The van der Waals surface area contributed by atoms with Crippen LogP contribution in [-0.4, -0.2) is 0 Å². The van der Waals surface area contributed by atoms with Gasteiger partial charge in [0, 0.05) is 0 Å². The lowest BCUT2D eigenvalue weighted by Crippen LogP contribution is -1.91. The van der Waals surface area contributed by atoms with Crippen molar-refractivity contribution in [2.24, 2.45) is 0 Å². The fraction of sp³-hybridized carbons (Fsp3) is 0.214. The summed E-state index contributed by atoms with van der Waals surface area (Å²) in [6, 6.07) is 14.4. The molecule has 1 aliphatic carbocycles. The van der Waals surface area contributed by atoms with E-state index in [0.29, 0.717) is 0 Å². The Bertz CT molecular complexity index is 1140. The summed E-state index contributed by atoms with van der Waals surface area (Å²) in [6.45, 7) is 4.40. The zero-order chi connectivity index (χ0) is 22.0. The van der Waals surface area contributed by atoms with Crippen LogP contribution in [0.3, 0.4) is 0 Å². The van der Waals surface area contributed by atoms with E-state index in [1.807, 2.05) is 12.1 Å². The minimum absolute atomic E-state index is 0.278. The first-order valence-corrected chi connectivity index (χ1v) is 10.7. The molecule has 0 bridgehead atoms. The standard InChI is InChI=1S/C28H25F3/c1-3-4-5-20-14-23-12-13-24(18(2)25(23)15-20)22-10-8-19(9-11-22)6-7-21-16-26(29)28(31)27(30)17-21/h6-13,15-17H,3-5,14H2,1-2H3/b7-6+. The van der Waals surface area contributed by atoms with E-state index in [9.17, 15) is 13.2 Å². The van der Waals surface area contributed by atoms with E-state index in [-0.39, 0.29) is 5.56 Å². The predicted molar refractivity (Wildman–Crippen MR) is 123 cm³/mol. The minimum Gasteiger partial charge on any atom is -0.204 e. The molecule has 0 aromatic heterocycles. The molecule has 0 amide bonds. The molecule has 4 rings (SSSR count). The molecule has 0 atom stereocenters. The van der Waals surface area contributed by atoms with Crippen LogP contribution in [-0.2, 0) is 6.42 Å². The lowest BCUT2D eigenvalue weighted by Gasteiger charge is -2.11. The Hall–Kier alpha value is -3.07. The molecule has 31 heavy (non-hydrogen) atoms. The molecule has 1 aliphatic rings. The third-order valence-corrected chi connectivity index (χ3v) is 5.92. The molecule has 3 aromatic carbocycles. The van der Waals surface area contributed by atoms with E-state index in [0.717, 1.165) is 29.7 Å². The molecule has 3 heteroatoms. The van der Waals surface area contributed by atoms with Gasteiger partial charge in [-0.1, -0.05) is 73.5 Å². The summed E-state index contributed by atoms with van der Waals surface area (Å²) in [5.74, 6) is -3.82. The van der Waals surface area contributed by atoms with E-state index in [1.165, 1.54) is 47.1 Å². The van der Waals surface area contributed by atoms with E-state index < -0.39 is 17.5 Å². The van der Waals surface area contributed by atoms with Gasteiger partial charge in [0.1, 0.15) is 0 Å². The highest BCUT2D eigenvalue weighted by atomic mass is 19.2. The molecule has 0 radical (unpaired) electrons. The summed E-state index contributed by atoms with van der Waals surface area (Å²) in [5.41, 5.74) is 9.10. The Labute approximate surface area is 181 Å². The number of fused-ring (bicyclic) bond motifs is 1. The van der Waals surface area contributed by atoms with Gasteiger partial charge in [-0.25, -0.2) is 13.2 Å². The molecule has 0 aliphatic heterocycles. The first kappa shape index (κ1) is 21.2. The molecule has 0 fully saturated rings. The number of unbranched alkanes of at least 4 members (excludes halogenated alkanes) is 1. The molecule has 158 valence electrons. The Morgan fingerprint density at radius 1 is 0.871 bits per heavy atom. The smallest absolute Gasteiger partial charge is 0.194 e. The van der Waals surface area contributed by atoms with Gasteiger partial charge in [0.05, 0.1) is 0 Å². The normalized spacial score (nSPS) is 13.0. The maximum atomic E-state index is 13.4. The van der Waals surface area contributed by atoms with Crippen molar-refractivity contribution in [1.82, 2.24) is 0 Å². The highest BCUT2D eigenvalue weighted by Gasteiger charge is 2.16. The second-order valence-corrected chi connectivity index (χ2v) is 8.15. The topological polar surface area (TPSA) is 0 Å². The van der Waals surface area contributed by atoms with E-state index in [4.69, 9.17) is 0 Å². The van der Waals surface area contributed by atoms with Gasteiger partial charge in [0.15, 0.2) is 17.5 Å². The fourth-order valence-corrected chi connectivity index (χ4v) is 4.15. The zero-order valence-corrected chi connectivity index (χ0v) is 17.8. The van der Waals surface area contributed by atoms with Crippen LogP contribution in [0.15, 0.2) is 54.1 Å². The third kappa shape index (κ3) is 4.51. The molecule has 0 N–H and O–H groups in total. The molecular formula is C28H25F3. The number of halogens is 3. The summed E-state index contributed by atoms with van der Waals surface area (Å²) in [4.78, 5) is 0. The SMILES string of the molecule is CCCCC1=Cc2c(ccc(-c3ccc(/C=C/c4cc(F)c(F)c(F)c4)cc3)c2C)C1. The molecule has 3 aromatic rings. The van der Waals surface area contributed by atoms with Gasteiger partial charge in [0.25, 0.3) is 0 Å². The summed E-state index contributed by atoms with van der Waals surface area (Å²) in [7, 11) is 0. The average Bonchev–Trinajstić information content (AvgIpc) is 3.19. The molecule has 0 heterocycles. The predicted octanol–water partition coefficient (Wildman–Crippen LogP) is 8.38. The molecule has 0 saturated heterocycles. The van der Waals surface area contributed by atoms with Crippen molar-refractivity contribution >= 4 is 18.2 Å². The van der Waals surface area contributed by atoms with E-state index >= 15 is 0 Å². The molecule has 0 unspecified atom stereocenters. The van der Waals surface area contributed by atoms with Crippen LogP contribution in [0.5, 0.6) is 0 Å². The first-order valence-electron chi connectivity index (χ1n) is 10.7. The van der Waals surface area contributed by atoms with E-state index in [2.05, 4.69) is 44.2 Å². The van der Waals surface area contributed by atoms with E-state index in [1.54, 1.807) is 12.2 Å². The largest absolute Gasteiger partial charge is 0.204 e. The Balaban J connectivity index is 1.55. The quantitative estimate of drug-likeness (QED) is 0.279. The van der Waals surface area contributed by atoms with Gasteiger partial charge in [-0.15, -0.1) is 0 Å². The Morgan fingerprint density at radius 3 is 2.23 bits per heavy atom. The van der Waals surface area contributed by atoms with Crippen LogP contribution in [0.2, 0.25) is 0 Å². The maximum Gasteiger partial charge on any atom is 0.194 e. The second-order valence-electron chi connectivity index (χ2n) is 8.15. The van der Waals surface area contributed by atoms with Gasteiger partial charge >= 0.3 is 0 Å². The van der Waals surface area contributed by atoms with Gasteiger partial charge in [-0.2, -0.15) is 0 Å². The van der Waals surface area contributed by atoms with Crippen LogP contribution in [0.1, 0.15) is 54.0 Å². The van der Waals surface area contributed by atoms with Crippen molar-refractivity contribution in [3.63, 3.8) is 0 Å². The maximum absolute atomic E-state index is 13.4. The Kier molecular flexibility index (Phi) is 6.13. The van der Waals surface area contributed by atoms with Crippen LogP contribution in [0, 0.1) is 24.4 Å². The summed E-state index contributed by atoms with van der Waals surface area (Å²) in [5, 5.41) is 0. The summed E-state index contributed by atoms with van der Waals surface area (Å²) < 4.78 is 39.8. The second kappa shape index (κ2) is 8.97. The highest BCUT2D eigenvalue weighted by Crippen LogP contribution is 2.35. The third-order valence-electron chi connectivity index (χ3n) is 5.92. The Morgan fingerprint density at radius 2 is 1.55 bits per heavy atom. The monoisotopic (exact) mass is 418 g/mol. The van der Waals surface area contributed by atoms with Crippen molar-refractivity contribution in [2.45, 2.75) is 39.5 Å². The molecule has 0 spiro atoms. The van der Waals surface area contributed by atoms with Gasteiger partial charge in [0.2, 0.25) is 0 Å². The van der Waals surface area contributed by atoms with Gasteiger partial charge < -0.3 is 0 Å². The van der Waals surface area contributed by atoms with Crippen molar-refractivity contribution in [3.8, 4) is 11.1 Å². The fourth-order valence-electron chi connectivity index (χ4n) is 4.15. The van der Waals surface area contributed by atoms with Crippen molar-refractivity contribution in [2.75, 3.05) is 0 Å². The highest BCUT2D eigenvalue weighted by molar-refractivity contribution is 5.78. The average molecular weight is 419 g/mol. The molecule has 0 saturated carbocycles. The number of hydrogen-bond donors (Lipinski definition) is 0. The van der Waals surface area contributed by atoms with Gasteiger partial charge in [-0.05, 0) is 77.3 Å². The van der Waals surface area contributed by atoms with Crippen LogP contribution < -0.4 is 0 Å². The minimum atomic E-state index is -1.45. The van der Waals surface area contributed by atoms with Crippen LogP contribution in [0.4, 0.5) is 13.2 Å². The summed E-state index contributed by atoms with van der Waals surface area (Å²) in [6.07, 6.45) is 10.4. The van der Waals surface area contributed by atoms with Crippen molar-refractivity contribution in [1.29, 1.82) is 0 Å². The number of rotatable bonds is 6. The molecule has 0 nitrogen and oxygen atoms in total. The van der Waals surface area contributed by atoms with Crippen LogP contribution in [0.25, 0.3) is 29.4 Å². The number of benzene rings is 3. The van der Waals surface area contributed by atoms with Crippen LogP contribution >= 0.6 is 0 Å². The summed E-state index contributed by atoms with van der Waals surface area (Å²) >= 11 is 0. The zero-order valence-electron chi connectivity index (χ0n) is 17.8. The lowest BCUT2D eigenvalue weighted by atomic mass is 9.93. The first-order chi connectivity index (χ1) is 15.0. The van der Waals surface area contributed by atoms with Gasteiger partial charge in [-0.3, -0.25) is 0 Å². The van der Waals surface area contributed by atoms with Crippen molar-refractivity contribution < 1.29 is 13.2 Å². The lowest BCUT2D eigenvalue weighted by molar-refractivity contribution is 0.447.